The van der Waals surface area contributed by atoms with Crippen LogP contribution in [-0.2, 0) is 4.79 Å². The number of amides is 1. The first-order valence-electron chi connectivity index (χ1n) is 5.86. The van der Waals surface area contributed by atoms with E-state index in [-0.39, 0.29) is 12.5 Å². The number of rotatable bonds is 4. The van der Waals surface area contributed by atoms with E-state index in [9.17, 15) is 9.90 Å². The van der Waals surface area contributed by atoms with Crippen LogP contribution in [0.3, 0.4) is 0 Å². The smallest absolute Gasteiger partial charge is 0.252 e. The van der Waals surface area contributed by atoms with Crippen molar-refractivity contribution in [3.63, 3.8) is 0 Å². The molecular weight excluding hydrogens is 206 g/mol. The average molecular weight is 229 g/mol. The van der Waals surface area contributed by atoms with Gasteiger partial charge >= 0.3 is 0 Å². The van der Waals surface area contributed by atoms with Crippen LogP contribution in [0.2, 0.25) is 0 Å². The number of nitrogens with zero attached hydrogens (tertiary/aromatic N) is 2. The fraction of sp³-hybridized carbons (Fsp3) is 0.909. The van der Waals surface area contributed by atoms with E-state index in [1.54, 1.807) is 11.9 Å². The Hall–Kier alpha value is -0.650. The third-order valence-corrected chi connectivity index (χ3v) is 3.14. The van der Waals surface area contributed by atoms with Crippen molar-refractivity contribution in [2.75, 3.05) is 40.3 Å². The van der Waals surface area contributed by atoms with Crippen LogP contribution in [0.5, 0.6) is 0 Å². The van der Waals surface area contributed by atoms with Gasteiger partial charge in [0.2, 0.25) is 0 Å². The summed E-state index contributed by atoms with van der Waals surface area (Å²) in [5.74, 6) is 0.244. The zero-order valence-corrected chi connectivity index (χ0v) is 10.2. The van der Waals surface area contributed by atoms with E-state index in [2.05, 4.69) is 11.9 Å². The molecule has 1 amide bonds. The molecule has 94 valence electrons. The maximum atomic E-state index is 11.6. The molecule has 3 N–H and O–H groups in total. The Morgan fingerprint density at radius 1 is 1.69 bits per heavy atom. The zero-order valence-electron chi connectivity index (χ0n) is 10.2. The molecular formula is C11H23N3O2. The Labute approximate surface area is 97.2 Å². The first-order chi connectivity index (χ1) is 7.54. The molecule has 5 heteroatoms. The lowest BCUT2D eigenvalue weighted by Crippen LogP contribution is -2.45. The summed E-state index contributed by atoms with van der Waals surface area (Å²) >= 11 is 0. The van der Waals surface area contributed by atoms with Gasteiger partial charge in [-0.3, -0.25) is 4.79 Å². The zero-order chi connectivity index (χ0) is 12.1. The number of likely N-dealkylation sites (tertiary alicyclic amines) is 1. The maximum absolute atomic E-state index is 11.6. The molecule has 16 heavy (non-hydrogen) atoms. The molecule has 1 fully saturated rings. The van der Waals surface area contributed by atoms with Crippen LogP contribution in [0.25, 0.3) is 0 Å². The highest BCUT2D eigenvalue weighted by molar-refractivity contribution is 5.80. The highest BCUT2D eigenvalue weighted by Crippen LogP contribution is 2.16. The van der Waals surface area contributed by atoms with Gasteiger partial charge in [-0.15, -0.1) is 0 Å². The molecule has 0 radical (unpaired) electrons. The predicted octanol–water partition coefficient (Wildman–Crippen LogP) is -0.894. The molecule has 0 spiro atoms. The van der Waals surface area contributed by atoms with Gasteiger partial charge in [0.25, 0.3) is 5.91 Å². The SMILES string of the molecule is CN1CCCC(CN(C)C(=O)C(O)CN)C1. The summed E-state index contributed by atoms with van der Waals surface area (Å²) in [5, 5.41) is 9.35. The van der Waals surface area contributed by atoms with Gasteiger partial charge in [-0.05, 0) is 32.4 Å². The Morgan fingerprint density at radius 2 is 2.38 bits per heavy atom. The normalized spacial score (nSPS) is 24.1. The van der Waals surface area contributed by atoms with Crippen LogP contribution in [0, 0.1) is 5.92 Å². The minimum atomic E-state index is -1.05. The molecule has 2 atom stereocenters. The van der Waals surface area contributed by atoms with Crippen LogP contribution in [0.1, 0.15) is 12.8 Å². The van der Waals surface area contributed by atoms with Crippen molar-refractivity contribution >= 4 is 5.91 Å². The number of likely N-dealkylation sites (N-methyl/N-ethyl adjacent to an activating group) is 1. The number of aliphatic hydroxyl groups is 1. The summed E-state index contributed by atoms with van der Waals surface area (Å²) in [6.07, 6.45) is 1.29. The van der Waals surface area contributed by atoms with Gasteiger partial charge in [-0.25, -0.2) is 0 Å². The number of carbonyl (C=O) groups excluding carboxylic acids is 1. The van der Waals surface area contributed by atoms with E-state index in [0.29, 0.717) is 12.5 Å². The van der Waals surface area contributed by atoms with Gasteiger partial charge in [-0.1, -0.05) is 0 Å². The minimum absolute atomic E-state index is 0.00621. The van der Waals surface area contributed by atoms with Crippen molar-refractivity contribution in [1.29, 1.82) is 0 Å². The topological polar surface area (TPSA) is 69.8 Å². The van der Waals surface area contributed by atoms with Crippen molar-refractivity contribution in [3.05, 3.63) is 0 Å². The van der Waals surface area contributed by atoms with Crippen LogP contribution >= 0.6 is 0 Å². The molecule has 0 aromatic heterocycles. The van der Waals surface area contributed by atoms with Gasteiger partial charge in [0.1, 0.15) is 6.10 Å². The van der Waals surface area contributed by atoms with Crippen LogP contribution in [-0.4, -0.2) is 67.2 Å². The second-order valence-electron chi connectivity index (χ2n) is 4.74. The summed E-state index contributed by atoms with van der Waals surface area (Å²) in [7, 11) is 3.83. The van der Waals surface area contributed by atoms with Crippen molar-refractivity contribution in [2.45, 2.75) is 18.9 Å². The maximum Gasteiger partial charge on any atom is 0.252 e. The van der Waals surface area contributed by atoms with Crippen molar-refractivity contribution in [3.8, 4) is 0 Å². The molecule has 0 saturated carbocycles. The van der Waals surface area contributed by atoms with Crippen molar-refractivity contribution < 1.29 is 9.90 Å². The van der Waals surface area contributed by atoms with E-state index in [1.807, 2.05) is 0 Å². The lowest BCUT2D eigenvalue weighted by atomic mass is 9.98. The molecule has 1 aliphatic rings. The highest BCUT2D eigenvalue weighted by Gasteiger charge is 2.23. The minimum Gasteiger partial charge on any atom is -0.382 e. The summed E-state index contributed by atoms with van der Waals surface area (Å²) in [5.41, 5.74) is 5.26. The van der Waals surface area contributed by atoms with Gasteiger partial charge in [0.15, 0.2) is 0 Å². The molecule has 1 aliphatic heterocycles. The number of hydrogen-bond donors (Lipinski definition) is 2. The second kappa shape index (κ2) is 6.18. The van der Waals surface area contributed by atoms with Crippen molar-refractivity contribution in [2.24, 2.45) is 11.7 Å². The number of piperidine rings is 1. The van der Waals surface area contributed by atoms with Crippen LogP contribution in [0.4, 0.5) is 0 Å². The second-order valence-corrected chi connectivity index (χ2v) is 4.74. The monoisotopic (exact) mass is 229 g/mol. The number of nitrogens with two attached hydrogens (primary N) is 1. The van der Waals surface area contributed by atoms with Crippen molar-refractivity contribution in [1.82, 2.24) is 9.80 Å². The molecule has 1 rings (SSSR count). The Balaban J connectivity index is 2.38. The van der Waals surface area contributed by atoms with E-state index in [1.165, 1.54) is 6.42 Å². The summed E-state index contributed by atoms with van der Waals surface area (Å²) in [4.78, 5) is 15.5. The third kappa shape index (κ3) is 3.73. The predicted molar refractivity (Wildman–Crippen MR) is 62.9 cm³/mol. The lowest BCUT2D eigenvalue weighted by molar-refractivity contribution is -0.139. The average Bonchev–Trinajstić information content (AvgIpc) is 2.27. The number of aliphatic hydroxyl groups excluding tert-OH is 1. The molecule has 5 nitrogen and oxygen atoms in total. The van der Waals surface area contributed by atoms with Crippen LogP contribution in [0.15, 0.2) is 0 Å². The molecule has 1 saturated heterocycles. The largest absolute Gasteiger partial charge is 0.382 e. The lowest BCUT2D eigenvalue weighted by Gasteiger charge is -2.32. The quantitative estimate of drug-likeness (QED) is 0.656. The number of carbonyl (C=O) groups is 1. The van der Waals surface area contributed by atoms with Gasteiger partial charge < -0.3 is 20.6 Å². The Kier molecular flexibility index (Phi) is 5.18. The molecule has 0 aliphatic carbocycles. The molecule has 0 bridgehead atoms. The third-order valence-electron chi connectivity index (χ3n) is 3.14. The molecule has 2 unspecified atom stereocenters. The van der Waals surface area contributed by atoms with Gasteiger partial charge in [0, 0.05) is 26.7 Å². The molecule has 0 aromatic rings. The first kappa shape index (κ1) is 13.4. The summed E-state index contributed by atoms with van der Waals surface area (Å²) in [6, 6.07) is 0. The van der Waals surface area contributed by atoms with Gasteiger partial charge in [-0.2, -0.15) is 0 Å². The summed E-state index contributed by atoms with van der Waals surface area (Å²) in [6.45, 7) is 2.86. The fourth-order valence-corrected chi connectivity index (χ4v) is 2.25. The standard InChI is InChI=1S/C11H23N3O2/c1-13-5-3-4-9(7-13)8-14(2)11(16)10(15)6-12/h9-10,15H,3-8,12H2,1-2H3. The van der Waals surface area contributed by atoms with E-state index < -0.39 is 6.10 Å². The summed E-state index contributed by atoms with van der Waals surface area (Å²) < 4.78 is 0. The van der Waals surface area contributed by atoms with E-state index in [4.69, 9.17) is 5.73 Å². The molecule has 0 aromatic carbocycles. The first-order valence-corrected chi connectivity index (χ1v) is 5.86. The number of hydrogen-bond acceptors (Lipinski definition) is 4. The van der Waals surface area contributed by atoms with E-state index in [0.717, 1.165) is 19.5 Å². The van der Waals surface area contributed by atoms with Gasteiger partial charge in [0.05, 0.1) is 0 Å². The van der Waals surface area contributed by atoms with E-state index >= 15 is 0 Å². The Morgan fingerprint density at radius 3 is 2.94 bits per heavy atom. The Bertz CT molecular complexity index is 235. The fourth-order valence-electron chi connectivity index (χ4n) is 2.25. The van der Waals surface area contributed by atoms with Crippen LogP contribution < -0.4 is 5.73 Å². The highest BCUT2D eigenvalue weighted by atomic mass is 16.3. The molecule has 1 heterocycles.